The Morgan fingerprint density at radius 2 is 1.00 bits per heavy atom. The van der Waals surface area contributed by atoms with E-state index in [1.165, 1.54) is 54.9 Å². The molecule has 0 saturated heterocycles. The van der Waals surface area contributed by atoms with Gasteiger partial charge in [-0.15, -0.1) is 0 Å². The molecule has 320 valence electrons. The average Bonchev–Trinajstić information content (AvgIpc) is 4.03. The second-order valence-electron chi connectivity index (χ2n) is 18.6. The minimum atomic E-state index is -0.120. The Hall–Kier alpha value is -8.80. The number of aromatic nitrogens is 4. The number of para-hydroxylation sites is 3. The van der Waals surface area contributed by atoms with Gasteiger partial charge < -0.3 is 4.90 Å². The highest BCUT2D eigenvalue weighted by atomic mass is 15.2. The third kappa shape index (κ3) is 5.69. The smallest absolute Gasteiger partial charge is 0.221 e. The number of hydrogen-bond donors (Lipinski definition) is 0. The van der Waals surface area contributed by atoms with Gasteiger partial charge in [0.1, 0.15) is 5.65 Å². The van der Waals surface area contributed by atoms with Gasteiger partial charge in [0.2, 0.25) is 5.95 Å². The van der Waals surface area contributed by atoms with E-state index in [0.717, 1.165) is 72.8 Å². The van der Waals surface area contributed by atoms with E-state index in [1.54, 1.807) is 0 Å². The zero-order chi connectivity index (χ0) is 45.1. The van der Waals surface area contributed by atoms with Gasteiger partial charge in [-0.25, -0.2) is 9.97 Å². The van der Waals surface area contributed by atoms with E-state index in [-0.39, 0.29) is 5.41 Å². The van der Waals surface area contributed by atoms with Gasteiger partial charge in [-0.3, -0.25) is 8.97 Å². The molecule has 68 heavy (non-hydrogen) atoms. The molecule has 14 rings (SSSR count). The third-order valence-corrected chi connectivity index (χ3v) is 14.5. The van der Waals surface area contributed by atoms with Crippen molar-refractivity contribution in [2.24, 2.45) is 0 Å². The van der Waals surface area contributed by atoms with Crippen LogP contribution in [0.3, 0.4) is 0 Å². The summed E-state index contributed by atoms with van der Waals surface area (Å²) in [6.45, 7) is 4.70. The summed E-state index contributed by atoms with van der Waals surface area (Å²) in [4.78, 5) is 13.0. The number of anilines is 3. The molecule has 1 aliphatic carbocycles. The van der Waals surface area contributed by atoms with Crippen molar-refractivity contribution in [2.45, 2.75) is 19.3 Å². The molecular formula is C63H43N5. The Bertz CT molecular complexity index is 4160. The molecule has 0 spiro atoms. The zero-order valence-electron chi connectivity index (χ0n) is 37.6. The summed E-state index contributed by atoms with van der Waals surface area (Å²) in [5.74, 6) is 0.815. The van der Waals surface area contributed by atoms with E-state index in [0.29, 0.717) is 0 Å². The molecule has 0 N–H and O–H groups in total. The molecule has 5 nitrogen and oxygen atoms in total. The molecule has 0 bridgehead atoms. The van der Waals surface area contributed by atoms with Crippen LogP contribution in [0.5, 0.6) is 0 Å². The SMILES string of the molecule is CC1(C)c2ccccc2-c2ccc(N(c3ccc(-c4ccccc4)cc3)c3ccc(-c4ccc5c(c4)c4c6ccccc6ccc4n5-c4nc5ccccc5c5nc6ccccc6n45)cc3)cc21. The molecule has 0 aliphatic heterocycles. The quantitative estimate of drug-likeness (QED) is 0.167. The van der Waals surface area contributed by atoms with Crippen molar-refractivity contribution < 1.29 is 0 Å². The molecule has 0 fully saturated rings. The molecule has 10 aromatic carbocycles. The van der Waals surface area contributed by atoms with Gasteiger partial charge in [-0.2, -0.15) is 0 Å². The predicted octanol–water partition coefficient (Wildman–Crippen LogP) is 16.4. The molecule has 0 amide bonds. The molecule has 1 aliphatic rings. The minimum absolute atomic E-state index is 0.120. The predicted molar refractivity (Wildman–Crippen MR) is 283 cm³/mol. The number of nitrogens with zero attached hydrogens (tertiary/aromatic N) is 5. The fraction of sp³-hybridized carbons (Fsp3) is 0.0476. The maximum absolute atomic E-state index is 5.44. The normalized spacial score (nSPS) is 13.0. The van der Waals surface area contributed by atoms with Gasteiger partial charge in [0.25, 0.3) is 0 Å². The first-order chi connectivity index (χ1) is 33.5. The van der Waals surface area contributed by atoms with Crippen molar-refractivity contribution in [3.63, 3.8) is 0 Å². The van der Waals surface area contributed by atoms with Crippen molar-refractivity contribution in [1.29, 1.82) is 0 Å². The second kappa shape index (κ2) is 14.6. The summed E-state index contributed by atoms with van der Waals surface area (Å²) >= 11 is 0. The summed E-state index contributed by atoms with van der Waals surface area (Å²) in [6, 6.07) is 81.4. The van der Waals surface area contributed by atoms with Crippen LogP contribution in [0.15, 0.2) is 224 Å². The highest BCUT2D eigenvalue weighted by molar-refractivity contribution is 6.22. The molecule has 13 aromatic rings. The van der Waals surface area contributed by atoms with Crippen molar-refractivity contribution in [2.75, 3.05) is 4.90 Å². The Kier molecular flexibility index (Phi) is 8.26. The van der Waals surface area contributed by atoms with E-state index in [9.17, 15) is 0 Å². The summed E-state index contributed by atoms with van der Waals surface area (Å²) in [6.07, 6.45) is 0. The lowest BCUT2D eigenvalue weighted by Crippen LogP contribution is -2.16. The van der Waals surface area contributed by atoms with Gasteiger partial charge >= 0.3 is 0 Å². The van der Waals surface area contributed by atoms with Crippen LogP contribution in [-0.2, 0) is 5.41 Å². The maximum atomic E-state index is 5.44. The lowest BCUT2D eigenvalue weighted by molar-refractivity contribution is 0.660. The summed E-state index contributed by atoms with van der Waals surface area (Å²) in [7, 11) is 0. The summed E-state index contributed by atoms with van der Waals surface area (Å²) in [5.41, 5.74) is 19.2. The molecule has 0 radical (unpaired) electrons. The van der Waals surface area contributed by atoms with E-state index in [1.807, 2.05) is 0 Å². The molecule has 0 saturated carbocycles. The number of hydrogen-bond acceptors (Lipinski definition) is 3. The molecule has 0 atom stereocenters. The molecule has 0 unspecified atom stereocenters. The van der Waals surface area contributed by atoms with Crippen LogP contribution in [0.4, 0.5) is 17.1 Å². The largest absolute Gasteiger partial charge is 0.310 e. The first-order valence-corrected chi connectivity index (χ1v) is 23.4. The molecule has 5 heteroatoms. The first-order valence-electron chi connectivity index (χ1n) is 23.4. The Balaban J connectivity index is 0.930. The van der Waals surface area contributed by atoms with Crippen molar-refractivity contribution >= 4 is 77.2 Å². The third-order valence-electron chi connectivity index (χ3n) is 14.5. The number of fused-ring (bicyclic) bond motifs is 13. The number of benzene rings is 10. The van der Waals surface area contributed by atoms with Crippen LogP contribution < -0.4 is 4.90 Å². The molecule has 3 heterocycles. The van der Waals surface area contributed by atoms with E-state index < -0.39 is 0 Å². The van der Waals surface area contributed by atoms with Crippen LogP contribution in [0.2, 0.25) is 0 Å². The highest BCUT2D eigenvalue weighted by Crippen LogP contribution is 2.51. The lowest BCUT2D eigenvalue weighted by atomic mass is 9.82. The standard InChI is InChI=1S/C63H43N5/c1-63(2)53-20-10-8-18-49(53)50-35-34-47(39-54(50)63)66(45-30-24-41(25-31-45)40-14-4-3-5-15-40)46-32-26-42(27-33-46)44-29-36-57-52(38-44)60-48-17-7-6-16-43(48)28-37-59(60)67(57)62-65-55-21-11-9-19-51(55)61-64-56-22-12-13-23-58(56)68(61)62/h3-39H,1-2H3. The molecule has 3 aromatic heterocycles. The maximum Gasteiger partial charge on any atom is 0.221 e. The highest BCUT2D eigenvalue weighted by Gasteiger charge is 2.36. The first kappa shape index (κ1) is 38.5. The van der Waals surface area contributed by atoms with Crippen LogP contribution >= 0.6 is 0 Å². The van der Waals surface area contributed by atoms with Crippen LogP contribution in [0.1, 0.15) is 25.0 Å². The lowest BCUT2D eigenvalue weighted by Gasteiger charge is -2.28. The van der Waals surface area contributed by atoms with Crippen molar-refractivity contribution in [3.05, 3.63) is 236 Å². The monoisotopic (exact) mass is 869 g/mol. The minimum Gasteiger partial charge on any atom is -0.310 e. The van der Waals surface area contributed by atoms with Gasteiger partial charge in [-0.1, -0.05) is 159 Å². The summed E-state index contributed by atoms with van der Waals surface area (Å²) in [5, 5.41) is 5.82. The fourth-order valence-electron chi connectivity index (χ4n) is 11.2. The van der Waals surface area contributed by atoms with E-state index in [4.69, 9.17) is 9.97 Å². The number of rotatable bonds is 6. The van der Waals surface area contributed by atoms with E-state index >= 15 is 0 Å². The molecular weight excluding hydrogens is 827 g/mol. The Morgan fingerprint density at radius 1 is 0.397 bits per heavy atom. The topological polar surface area (TPSA) is 38.4 Å². The van der Waals surface area contributed by atoms with Gasteiger partial charge in [-0.05, 0) is 134 Å². The van der Waals surface area contributed by atoms with Crippen LogP contribution in [0, 0.1) is 0 Å². The van der Waals surface area contributed by atoms with Crippen LogP contribution in [-0.4, -0.2) is 18.9 Å². The van der Waals surface area contributed by atoms with Crippen molar-refractivity contribution in [1.82, 2.24) is 18.9 Å². The Labute approximate surface area is 393 Å². The second-order valence-corrected chi connectivity index (χ2v) is 18.6. The Morgan fingerprint density at radius 3 is 1.81 bits per heavy atom. The van der Waals surface area contributed by atoms with Gasteiger partial charge in [0.15, 0.2) is 0 Å². The number of imidazole rings is 1. The van der Waals surface area contributed by atoms with E-state index in [2.05, 4.69) is 252 Å². The average molecular weight is 870 g/mol. The van der Waals surface area contributed by atoms with Crippen LogP contribution in [0.25, 0.3) is 99.5 Å². The summed E-state index contributed by atoms with van der Waals surface area (Å²) < 4.78 is 4.58. The van der Waals surface area contributed by atoms with Crippen molar-refractivity contribution in [3.8, 4) is 39.3 Å². The fourth-order valence-corrected chi connectivity index (χ4v) is 11.2. The van der Waals surface area contributed by atoms with Gasteiger partial charge in [0.05, 0.1) is 27.6 Å². The zero-order valence-corrected chi connectivity index (χ0v) is 37.6. The van der Waals surface area contributed by atoms with Gasteiger partial charge in [0, 0.05) is 38.6 Å².